The van der Waals surface area contributed by atoms with E-state index >= 15 is 0 Å². The third-order valence-electron chi connectivity index (χ3n) is 5.44. The summed E-state index contributed by atoms with van der Waals surface area (Å²) in [6.07, 6.45) is 11.0. The fourth-order valence-electron chi connectivity index (χ4n) is 3.97. The van der Waals surface area contributed by atoms with Crippen molar-refractivity contribution in [3.05, 3.63) is 0 Å². The number of nitrogens with one attached hydrogen (secondary N) is 1. The van der Waals surface area contributed by atoms with Crippen molar-refractivity contribution in [2.24, 2.45) is 5.92 Å². The first-order valence-electron chi connectivity index (χ1n) is 9.26. The quantitative estimate of drug-likeness (QED) is 0.660. The Hall–Kier alpha value is -0.120. The van der Waals surface area contributed by atoms with Gasteiger partial charge in [0.1, 0.15) is 0 Å². The molecule has 0 radical (unpaired) electrons. The summed E-state index contributed by atoms with van der Waals surface area (Å²) in [5.41, 5.74) is 0. The Morgan fingerprint density at radius 2 is 1.90 bits per heavy atom. The Morgan fingerprint density at radius 3 is 2.57 bits per heavy atom. The number of hydrogen-bond acceptors (Lipinski definition) is 3. The van der Waals surface area contributed by atoms with Crippen LogP contribution in [0.4, 0.5) is 0 Å². The van der Waals surface area contributed by atoms with Gasteiger partial charge in [0.2, 0.25) is 0 Å². The van der Waals surface area contributed by atoms with Crippen molar-refractivity contribution in [3.63, 3.8) is 0 Å². The average Bonchev–Trinajstić information content (AvgIpc) is 3.33. The maximum Gasteiger partial charge on any atom is 0.0589 e. The summed E-state index contributed by atoms with van der Waals surface area (Å²) in [5, 5.41) is 3.85. The molecular formula is C18H36N2O. The van der Waals surface area contributed by atoms with E-state index in [9.17, 15) is 0 Å². The predicted molar refractivity (Wildman–Crippen MR) is 89.7 cm³/mol. The minimum Gasteiger partial charge on any atom is -0.383 e. The van der Waals surface area contributed by atoms with Crippen molar-refractivity contribution in [1.29, 1.82) is 0 Å². The Kier molecular flexibility index (Phi) is 7.48. The lowest BCUT2D eigenvalue weighted by atomic mass is 9.98. The molecule has 2 aliphatic carbocycles. The van der Waals surface area contributed by atoms with Crippen LogP contribution in [0.1, 0.15) is 65.2 Å². The fraction of sp³-hybridized carbons (Fsp3) is 1.00. The Balaban J connectivity index is 2.03. The minimum atomic E-state index is 0.686. The Bertz CT molecular complexity index is 280. The zero-order chi connectivity index (χ0) is 15.1. The fourth-order valence-corrected chi connectivity index (χ4v) is 3.97. The predicted octanol–water partition coefficient (Wildman–Crippen LogP) is 3.43. The molecule has 0 amide bonds. The molecule has 2 saturated carbocycles. The average molecular weight is 296 g/mol. The molecule has 2 aliphatic rings. The molecule has 0 saturated heterocycles. The van der Waals surface area contributed by atoms with E-state index in [2.05, 4.69) is 24.1 Å². The van der Waals surface area contributed by atoms with Gasteiger partial charge in [0.25, 0.3) is 0 Å². The van der Waals surface area contributed by atoms with E-state index in [1.54, 1.807) is 0 Å². The molecule has 0 heterocycles. The normalized spacial score (nSPS) is 28.6. The Morgan fingerprint density at radius 1 is 1.14 bits per heavy atom. The highest BCUT2D eigenvalue weighted by molar-refractivity contribution is 4.93. The van der Waals surface area contributed by atoms with Crippen LogP contribution in [0.5, 0.6) is 0 Å². The molecular weight excluding hydrogens is 260 g/mol. The minimum absolute atomic E-state index is 0.686. The number of nitrogens with zero attached hydrogens (tertiary/aromatic N) is 1. The summed E-state index contributed by atoms with van der Waals surface area (Å²) < 4.78 is 5.40. The van der Waals surface area contributed by atoms with Crippen molar-refractivity contribution in [3.8, 4) is 0 Å². The molecule has 124 valence electrons. The molecule has 21 heavy (non-hydrogen) atoms. The molecule has 1 N–H and O–H groups in total. The van der Waals surface area contributed by atoms with Gasteiger partial charge >= 0.3 is 0 Å². The van der Waals surface area contributed by atoms with Gasteiger partial charge in [-0.15, -0.1) is 0 Å². The van der Waals surface area contributed by atoms with Crippen LogP contribution in [0, 0.1) is 5.92 Å². The zero-order valence-corrected chi connectivity index (χ0v) is 14.4. The van der Waals surface area contributed by atoms with Gasteiger partial charge in [-0.3, -0.25) is 4.90 Å². The summed E-state index contributed by atoms with van der Waals surface area (Å²) in [6.45, 7) is 7.86. The molecule has 2 fully saturated rings. The van der Waals surface area contributed by atoms with Crippen LogP contribution < -0.4 is 5.32 Å². The van der Waals surface area contributed by atoms with E-state index in [1.807, 2.05) is 7.11 Å². The van der Waals surface area contributed by atoms with Gasteiger partial charge in [-0.1, -0.05) is 26.2 Å². The number of ether oxygens (including phenoxy) is 1. The van der Waals surface area contributed by atoms with E-state index in [-0.39, 0.29) is 0 Å². The van der Waals surface area contributed by atoms with Gasteiger partial charge in [-0.05, 0) is 51.5 Å². The molecule has 3 heteroatoms. The highest BCUT2D eigenvalue weighted by Crippen LogP contribution is 2.37. The summed E-state index contributed by atoms with van der Waals surface area (Å²) in [7, 11) is 1.83. The number of rotatable bonds is 9. The highest BCUT2D eigenvalue weighted by atomic mass is 16.5. The van der Waals surface area contributed by atoms with Crippen LogP contribution in [0.25, 0.3) is 0 Å². The lowest BCUT2D eigenvalue weighted by Gasteiger charge is -2.40. The molecule has 0 bridgehead atoms. The van der Waals surface area contributed by atoms with E-state index < -0.39 is 0 Å². The largest absolute Gasteiger partial charge is 0.383 e. The molecule has 0 aromatic rings. The molecule has 3 nitrogen and oxygen atoms in total. The van der Waals surface area contributed by atoms with E-state index in [1.165, 1.54) is 51.4 Å². The second-order valence-electron chi connectivity index (χ2n) is 7.07. The lowest BCUT2D eigenvalue weighted by molar-refractivity contribution is 0.0605. The van der Waals surface area contributed by atoms with E-state index in [4.69, 9.17) is 4.74 Å². The smallest absolute Gasteiger partial charge is 0.0589 e. The van der Waals surface area contributed by atoms with Crippen LogP contribution in [0.2, 0.25) is 0 Å². The second-order valence-corrected chi connectivity index (χ2v) is 7.07. The van der Waals surface area contributed by atoms with Gasteiger partial charge in [0.15, 0.2) is 0 Å². The standard InChI is InChI=1S/C18H36N2O/c1-4-12-19-17-8-6-5-7-9-18(17)20(13-14-21-3)15(2)16-10-11-16/h15-19H,4-14H2,1-3H3. The molecule has 0 aliphatic heterocycles. The molecule has 3 unspecified atom stereocenters. The monoisotopic (exact) mass is 296 g/mol. The zero-order valence-electron chi connectivity index (χ0n) is 14.4. The van der Waals surface area contributed by atoms with Gasteiger partial charge in [0.05, 0.1) is 6.61 Å². The lowest BCUT2D eigenvalue weighted by Crippen LogP contribution is -2.54. The van der Waals surface area contributed by atoms with Crippen LogP contribution >= 0.6 is 0 Å². The number of hydrogen-bond donors (Lipinski definition) is 1. The van der Waals surface area contributed by atoms with E-state index in [0.717, 1.165) is 31.7 Å². The van der Waals surface area contributed by atoms with Gasteiger partial charge < -0.3 is 10.1 Å². The summed E-state index contributed by atoms with van der Waals surface area (Å²) in [6, 6.07) is 2.13. The van der Waals surface area contributed by atoms with Gasteiger partial charge in [-0.2, -0.15) is 0 Å². The van der Waals surface area contributed by atoms with Crippen molar-refractivity contribution in [2.45, 2.75) is 83.3 Å². The first-order chi connectivity index (χ1) is 10.3. The molecule has 3 atom stereocenters. The third-order valence-corrected chi connectivity index (χ3v) is 5.44. The van der Waals surface area contributed by atoms with Crippen molar-refractivity contribution < 1.29 is 4.74 Å². The van der Waals surface area contributed by atoms with E-state index in [0.29, 0.717) is 12.1 Å². The Labute approximate surface area is 131 Å². The van der Waals surface area contributed by atoms with Crippen molar-refractivity contribution in [2.75, 3.05) is 26.8 Å². The van der Waals surface area contributed by atoms with Crippen LogP contribution in [-0.4, -0.2) is 49.8 Å². The summed E-state index contributed by atoms with van der Waals surface area (Å²) in [5.74, 6) is 0.942. The van der Waals surface area contributed by atoms with Crippen LogP contribution in [0.3, 0.4) is 0 Å². The molecule has 0 aromatic carbocycles. The number of methoxy groups -OCH3 is 1. The van der Waals surface area contributed by atoms with Gasteiger partial charge in [0, 0.05) is 31.8 Å². The van der Waals surface area contributed by atoms with Crippen LogP contribution in [-0.2, 0) is 4.74 Å². The first kappa shape index (κ1) is 17.2. The summed E-state index contributed by atoms with van der Waals surface area (Å²) in [4.78, 5) is 2.79. The third kappa shape index (κ3) is 5.22. The van der Waals surface area contributed by atoms with Gasteiger partial charge in [-0.25, -0.2) is 0 Å². The molecule has 0 spiro atoms. The molecule has 0 aromatic heterocycles. The maximum atomic E-state index is 5.40. The van der Waals surface area contributed by atoms with Crippen molar-refractivity contribution >= 4 is 0 Å². The summed E-state index contributed by atoms with van der Waals surface area (Å²) >= 11 is 0. The maximum absolute atomic E-state index is 5.40. The van der Waals surface area contributed by atoms with Crippen molar-refractivity contribution in [1.82, 2.24) is 10.2 Å². The first-order valence-corrected chi connectivity index (χ1v) is 9.26. The highest BCUT2D eigenvalue weighted by Gasteiger charge is 2.37. The van der Waals surface area contributed by atoms with Crippen LogP contribution in [0.15, 0.2) is 0 Å². The SMILES string of the molecule is CCCNC1CCCCCC1N(CCOC)C(C)C1CC1. The topological polar surface area (TPSA) is 24.5 Å². The second kappa shape index (κ2) is 9.12. The molecule has 2 rings (SSSR count).